The van der Waals surface area contributed by atoms with Crippen molar-refractivity contribution in [2.75, 3.05) is 13.2 Å². The number of halogens is 6. The summed E-state index contributed by atoms with van der Waals surface area (Å²) < 4.78 is 114. The van der Waals surface area contributed by atoms with Crippen LogP contribution < -0.4 is 5.73 Å². The molecule has 2 aliphatic rings. The molecule has 3 atom stereocenters. The number of esters is 1. The summed E-state index contributed by atoms with van der Waals surface area (Å²) >= 11 is 0. The van der Waals surface area contributed by atoms with Gasteiger partial charge < -0.3 is 14.6 Å². The number of carbonyl (C=O) groups is 1. The van der Waals surface area contributed by atoms with Crippen LogP contribution in [-0.2, 0) is 29.6 Å². The molecular formula is C13H18F6N2O6S2. The second-order valence-electron chi connectivity index (χ2n) is 6.18. The minimum absolute atomic E-state index is 0.00954. The van der Waals surface area contributed by atoms with Crippen LogP contribution in [0.1, 0.15) is 19.3 Å². The van der Waals surface area contributed by atoms with Gasteiger partial charge in [0, 0.05) is 6.42 Å². The number of fused-ring (bicyclic) bond motifs is 2. The third-order valence-electron chi connectivity index (χ3n) is 4.00. The lowest BCUT2D eigenvalue weighted by atomic mass is 9.94. The molecular weight excluding hydrogens is 458 g/mol. The summed E-state index contributed by atoms with van der Waals surface area (Å²) in [5, 5.41) is 0. The molecule has 0 aromatic heterocycles. The maximum absolute atomic E-state index is 11.6. The molecule has 2 rings (SSSR count). The maximum Gasteiger partial charge on any atom is 0.480 e. The molecule has 0 spiro atoms. The smallest absolute Gasteiger partial charge is 0.465 e. The minimum Gasteiger partial charge on any atom is -0.465 e. The molecule has 2 bridgehead atoms. The van der Waals surface area contributed by atoms with Crippen LogP contribution in [0.25, 0.3) is 4.13 Å². The zero-order chi connectivity index (χ0) is 22.7. The Morgan fingerprint density at radius 3 is 1.86 bits per heavy atom. The number of quaternary nitrogens is 1. The standard InChI is InChI=1S/C11H17NO2.C2F6NO4S2/c12-4-1-5-14-11(13)10-7-8-2-3-9(10)6-8;3-1(4,5)14(10,11)9-15(12,13)2(6,7)8/h2-3,8-10H,1,4-7,12H2;/q;-1/p+1. The van der Waals surface area contributed by atoms with Crippen molar-refractivity contribution >= 4 is 26.0 Å². The molecule has 3 N–H and O–H groups in total. The molecule has 16 heteroatoms. The van der Waals surface area contributed by atoms with E-state index in [4.69, 9.17) is 4.74 Å². The first-order valence-electron chi connectivity index (χ1n) is 8.03. The quantitative estimate of drug-likeness (QED) is 0.267. The minimum atomic E-state index is -6.72. The molecule has 0 aromatic rings. The summed E-state index contributed by atoms with van der Waals surface area (Å²) in [7, 11) is -13.4. The molecule has 3 unspecified atom stereocenters. The van der Waals surface area contributed by atoms with Crippen molar-refractivity contribution in [3.05, 3.63) is 16.3 Å². The van der Waals surface area contributed by atoms with Crippen molar-refractivity contribution in [3.8, 4) is 0 Å². The summed E-state index contributed by atoms with van der Waals surface area (Å²) in [6.07, 6.45) is 7.47. The van der Waals surface area contributed by atoms with Crippen LogP contribution in [0.3, 0.4) is 0 Å². The molecule has 8 nitrogen and oxygen atoms in total. The molecule has 0 saturated heterocycles. The second kappa shape index (κ2) is 9.18. The van der Waals surface area contributed by atoms with Gasteiger partial charge in [-0.25, -0.2) is 16.8 Å². The van der Waals surface area contributed by atoms with Crippen LogP contribution in [-0.4, -0.2) is 47.0 Å². The zero-order valence-corrected chi connectivity index (χ0v) is 16.2. The van der Waals surface area contributed by atoms with Crippen LogP contribution in [0.2, 0.25) is 0 Å². The van der Waals surface area contributed by atoms with Crippen molar-refractivity contribution in [1.29, 1.82) is 0 Å². The van der Waals surface area contributed by atoms with Crippen LogP contribution in [0, 0.1) is 17.8 Å². The lowest BCUT2D eigenvalue weighted by Gasteiger charge is -2.22. The number of allylic oxidation sites excluding steroid dienone is 2. The van der Waals surface area contributed by atoms with E-state index in [-0.39, 0.29) is 11.9 Å². The van der Waals surface area contributed by atoms with E-state index in [2.05, 4.69) is 17.9 Å². The van der Waals surface area contributed by atoms with E-state index in [1.807, 2.05) is 0 Å². The molecule has 170 valence electrons. The van der Waals surface area contributed by atoms with E-state index in [9.17, 15) is 48.0 Å². The number of rotatable bonds is 6. The summed E-state index contributed by atoms with van der Waals surface area (Å²) in [4.78, 5) is 11.6. The van der Waals surface area contributed by atoms with Gasteiger partial charge in [-0.15, -0.1) is 0 Å². The number of hydrogen-bond acceptors (Lipinski definition) is 6. The highest BCUT2D eigenvalue weighted by atomic mass is 32.3. The Hall–Kier alpha value is -1.39. The molecule has 0 radical (unpaired) electrons. The van der Waals surface area contributed by atoms with E-state index in [1.54, 1.807) is 0 Å². The van der Waals surface area contributed by atoms with Crippen LogP contribution >= 0.6 is 0 Å². The summed E-state index contributed by atoms with van der Waals surface area (Å²) in [6.45, 7) is 1.38. The summed E-state index contributed by atoms with van der Waals surface area (Å²) in [5.74, 6) is 1.27. The van der Waals surface area contributed by atoms with Gasteiger partial charge in [0.05, 0.1) is 19.1 Å². The number of hydrogen-bond donors (Lipinski definition) is 1. The lowest BCUT2D eigenvalue weighted by Crippen LogP contribution is -2.50. The van der Waals surface area contributed by atoms with Gasteiger partial charge in [-0.1, -0.05) is 12.2 Å². The fourth-order valence-corrected chi connectivity index (χ4v) is 4.36. The fourth-order valence-electron chi connectivity index (χ4n) is 2.65. The Bertz CT molecular complexity index is 780. The van der Waals surface area contributed by atoms with Crippen LogP contribution in [0.5, 0.6) is 0 Å². The predicted octanol–water partition coefficient (Wildman–Crippen LogP) is 1.43. The van der Waals surface area contributed by atoms with Crippen molar-refractivity contribution in [2.24, 2.45) is 17.8 Å². The Kier molecular flexibility index (Phi) is 8.12. The number of ether oxygens (including phenoxy) is 1. The zero-order valence-electron chi connectivity index (χ0n) is 14.6. The first-order valence-corrected chi connectivity index (χ1v) is 10.9. The van der Waals surface area contributed by atoms with Gasteiger partial charge in [-0.3, -0.25) is 4.79 Å². The molecule has 1 saturated carbocycles. The number of sulfonamides is 2. The predicted molar refractivity (Wildman–Crippen MR) is 85.5 cm³/mol. The third-order valence-corrected chi connectivity index (χ3v) is 6.74. The average Bonchev–Trinajstić information content (AvgIpc) is 3.15. The van der Waals surface area contributed by atoms with Crippen LogP contribution in [0.4, 0.5) is 26.3 Å². The van der Waals surface area contributed by atoms with Gasteiger partial charge >= 0.3 is 17.0 Å². The topological polar surface area (TPSA) is 136 Å². The molecule has 0 aliphatic heterocycles. The van der Waals surface area contributed by atoms with Crippen LogP contribution in [0.15, 0.2) is 12.2 Å². The highest BCUT2D eigenvalue weighted by molar-refractivity contribution is 8.13. The molecule has 1 fully saturated rings. The van der Waals surface area contributed by atoms with Gasteiger partial charge in [-0.2, -0.15) is 26.3 Å². The second-order valence-corrected chi connectivity index (χ2v) is 9.60. The molecule has 0 amide bonds. The molecule has 2 aliphatic carbocycles. The monoisotopic (exact) mass is 476 g/mol. The highest BCUT2D eigenvalue weighted by Gasteiger charge is 2.47. The first kappa shape index (κ1) is 25.6. The van der Waals surface area contributed by atoms with Gasteiger partial charge in [-0.05, 0) is 24.7 Å². The fraction of sp³-hybridized carbons (Fsp3) is 0.769. The third kappa shape index (κ3) is 6.82. The Morgan fingerprint density at radius 2 is 1.52 bits per heavy atom. The number of alkyl halides is 6. The largest absolute Gasteiger partial charge is 0.480 e. The molecule has 0 heterocycles. The van der Waals surface area contributed by atoms with Gasteiger partial charge in [0.15, 0.2) is 20.0 Å². The van der Waals surface area contributed by atoms with Crippen molar-refractivity contribution in [2.45, 2.75) is 30.3 Å². The van der Waals surface area contributed by atoms with E-state index in [1.165, 1.54) is 0 Å². The Balaban J connectivity index is 0.000000290. The average molecular weight is 476 g/mol. The molecule has 0 aromatic carbocycles. The Morgan fingerprint density at radius 1 is 1.00 bits per heavy atom. The van der Waals surface area contributed by atoms with Crippen molar-refractivity contribution < 1.29 is 58.4 Å². The van der Waals surface area contributed by atoms with Gasteiger partial charge in [0.1, 0.15) is 0 Å². The van der Waals surface area contributed by atoms with E-state index < -0.39 is 31.1 Å². The van der Waals surface area contributed by atoms with E-state index >= 15 is 0 Å². The number of nitrogens with zero attached hydrogens (tertiary/aromatic N) is 1. The lowest BCUT2D eigenvalue weighted by molar-refractivity contribution is -0.369. The highest BCUT2D eigenvalue weighted by Crippen LogP contribution is 2.43. The van der Waals surface area contributed by atoms with E-state index in [0.29, 0.717) is 18.4 Å². The SMILES string of the molecule is O=S(=O)([N-]S(=O)(=O)C(F)(F)F)C(F)(F)F.[NH3+]CCCOC(=O)C1CC2C=CC1C2. The number of carbonyl (C=O) groups excluding carboxylic acids is 1. The van der Waals surface area contributed by atoms with Gasteiger partial charge in [0.2, 0.25) is 0 Å². The summed E-state index contributed by atoms with van der Waals surface area (Å²) in [6, 6.07) is 0. The summed E-state index contributed by atoms with van der Waals surface area (Å²) in [5.41, 5.74) is -8.69. The normalized spacial score (nSPS) is 24.2. The van der Waals surface area contributed by atoms with Gasteiger partial charge in [0.25, 0.3) is 0 Å². The maximum atomic E-state index is 11.6. The van der Waals surface area contributed by atoms with Crippen molar-refractivity contribution in [1.82, 2.24) is 0 Å². The first-order chi connectivity index (χ1) is 13.0. The van der Waals surface area contributed by atoms with Crippen molar-refractivity contribution in [3.63, 3.8) is 0 Å². The molecule has 29 heavy (non-hydrogen) atoms. The Labute approximate surface area is 162 Å². The van der Waals surface area contributed by atoms with E-state index in [0.717, 1.165) is 29.9 Å².